The van der Waals surface area contributed by atoms with Crippen LogP contribution in [0.4, 0.5) is 5.69 Å². The summed E-state index contributed by atoms with van der Waals surface area (Å²) in [6.45, 7) is 0. The van der Waals surface area contributed by atoms with Crippen molar-refractivity contribution < 1.29 is 5.11 Å². The molecule has 2 aliphatic carbocycles. The molecule has 2 atom stereocenters. The van der Waals surface area contributed by atoms with Crippen molar-refractivity contribution in [3.63, 3.8) is 0 Å². The Morgan fingerprint density at radius 1 is 1.05 bits per heavy atom. The van der Waals surface area contributed by atoms with Gasteiger partial charge >= 0.3 is 0 Å². The Balaban J connectivity index is 1.84. The van der Waals surface area contributed by atoms with Crippen molar-refractivity contribution in [2.75, 3.05) is 5.73 Å². The van der Waals surface area contributed by atoms with Gasteiger partial charge in [0.15, 0.2) is 0 Å². The number of benzene rings is 1. The number of aliphatic hydroxyl groups is 1. The molecule has 2 bridgehead atoms. The summed E-state index contributed by atoms with van der Waals surface area (Å²) in [5.41, 5.74) is 9.56. The zero-order valence-corrected chi connectivity index (χ0v) is 12.0. The molecule has 3 N–H and O–H groups in total. The highest BCUT2D eigenvalue weighted by Crippen LogP contribution is 2.53. The van der Waals surface area contributed by atoms with E-state index in [0.717, 1.165) is 31.2 Å². The van der Waals surface area contributed by atoms with Gasteiger partial charge in [-0.2, -0.15) is 0 Å². The summed E-state index contributed by atoms with van der Waals surface area (Å²) < 4.78 is 0. The second-order valence-electron chi connectivity index (χ2n) is 6.44. The number of rotatable bonds is 1. The van der Waals surface area contributed by atoms with Crippen molar-refractivity contribution in [2.24, 2.45) is 11.8 Å². The molecule has 1 aromatic carbocycles. The summed E-state index contributed by atoms with van der Waals surface area (Å²) in [6, 6.07) is 10.4. The van der Waals surface area contributed by atoms with Gasteiger partial charge in [-0.15, -0.1) is 0 Å². The highest BCUT2D eigenvalue weighted by Gasteiger charge is 2.52. The molecule has 0 spiro atoms. The topological polar surface area (TPSA) is 59.1 Å². The van der Waals surface area contributed by atoms with Gasteiger partial charge in [-0.3, -0.25) is 4.98 Å². The molecule has 0 radical (unpaired) electrons. The Kier molecular flexibility index (Phi) is 2.79. The third-order valence-corrected chi connectivity index (χ3v) is 5.45. The van der Waals surface area contributed by atoms with Gasteiger partial charge in [-0.1, -0.05) is 24.3 Å². The fourth-order valence-electron chi connectivity index (χ4n) is 4.36. The molecule has 3 nitrogen and oxygen atoms in total. The van der Waals surface area contributed by atoms with E-state index in [1.54, 1.807) is 18.5 Å². The number of fused-ring (bicyclic) bond motifs is 3. The van der Waals surface area contributed by atoms with E-state index in [9.17, 15) is 5.11 Å². The van der Waals surface area contributed by atoms with Crippen LogP contribution in [0.1, 0.15) is 29.5 Å². The van der Waals surface area contributed by atoms with Crippen molar-refractivity contribution >= 4 is 5.69 Å². The van der Waals surface area contributed by atoms with E-state index in [-0.39, 0.29) is 11.8 Å². The highest BCUT2D eigenvalue weighted by atomic mass is 16.3. The summed E-state index contributed by atoms with van der Waals surface area (Å²) in [4.78, 5) is 4.20. The molecular weight excluding hydrogens is 260 g/mol. The van der Waals surface area contributed by atoms with Crippen LogP contribution in [0.15, 0.2) is 42.7 Å². The van der Waals surface area contributed by atoms with Gasteiger partial charge in [-0.05, 0) is 54.7 Å². The van der Waals surface area contributed by atoms with Crippen LogP contribution >= 0.6 is 0 Å². The Hall–Kier alpha value is -1.87. The highest BCUT2D eigenvalue weighted by molar-refractivity contribution is 5.50. The van der Waals surface area contributed by atoms with Gasteiger partial charge in [0.25, 0.3) is 0 Å². The number of aromatic nitrogens is 1. The smallest absolute Gasteiger partial charge is 0.0993 e. The average Bonchev–Trinajstić information content (AvgIpc) is 2.71. The molecule has 0 aliphatic heterocycles. The first-order valence-electron chi connectivity index (χ1n) is 7.68. The van der Waals surface area contributed by atoms with Crippen molar-refractivity contribution in [1.29, 1.82) is 0 Å². The quantitative estimate of drug-likeness (QED) is 0.844. The van der Waals surface area contributed by atoms with Crippen LogP contribution in [-0.4, -0.2) is 10.1 Å². The van der Waals surface area contributed by atoms with Gasteiger partial charge in [0.1, 0.15) is 0 Å². The number of anilines is 1. The van der Waals surface area contributed by atoms with Crippen LogP contribution in [0.5, 0.6) is 0 Å². The van der Waals surface area contributed by atoms with E-state index >= 15 is 0 Å². The Labute approximate surface area is 124 Å². The zero-order chi connectivity index (χ0) is 14.4. The van der Waals surface area contributed by atoms with E-state index in [0.29, 0.717) is 5.69 Å². The summed E-state index contributed by atoms with van der Waals surface area (Å²) in [7, 11) is 0. The lowest BCUT2D eigenvalue weighted by Gasteiger charge is -2.35. The molecule has 1 fully saturated rings. The first-order valence-corrected chi connectivity index (χ1v) is 7.68. The lowest BCUT2D eigenvalue weighted by Crippen LogP contribution is -2.38. The van der Waals surface area contributed by atoms with E-state index in [4.69, 9.17) is 5.73 Å². The molecule has 2 unspecified atom stereocenters. The lowest BCUT2D eigenvalue weighted by atomic mass is 9.77. The Morgan fingerprint density at radius 2 is 1.67 bits per heavy atom. The maximum Gasteiger partial charge on any atom is 0.0993 e. The average molecular weight is 280 g/mol. The number of pyridine rings is 1. The van der Waals surface area contributed by atoms with Crippen LogP contribution in [0.2, 0.25) is 0 Å². The maximum absolute atomic E-state index is 11.6. The first kappa shape index (κ1) is 12.8. The number of hydrogen-bond acceptors (Lipinski definition) is 3. The van der Waals surface area contributed by atoms with Crippen LogP contribution in [0, 0.1) is 11.8 Å². The summed E-state index contributed by atoms with van der Waals surface area (Å²) >= 11 is 0. The van der Waals surface area contributed by atoms with E-state index in [2.05, 4.69) is 29.2 Å². The predicted molar refractivity (Wildman–Crippen MR) is 82.6 cm³/mol. The number of nitrogen functional groups attached to an aromatic ring is 1. The molecule has 4 rings (SSSR count). The third kappa shape index (κ3) is 1.80. The maximum atomic E-state index is 11.6. The summed E-state index contributed by atoms with van der Waals surface area (Å²) in [5, 5.41) is 11.6. The van der Waals surface area contributed by atoms with Gasteiger partial charge in [-0.25, -0.2) is 0 Å². The normalized spacial score (nSPS) is 30.7. The molecule has 0 amide bonds. The zero-order valence-electron chi connectivity index (χ0n) is 12.0. The summed E-state index contributed by atoms with van der Waals surface area (Å²) in [5.74, 6) is 0.468. The lowest BCUT2D eigenvalue weighted by molar-refractivity contribution is -0.0391. The Bertz CT molecular complexity index is 649. The number of nitrogens with zero attached hydrogens (tertiary/aromatic N) is 1. The van der Waals surface area contributed by atoms with Gasteiger partial charge in [0.2, 0.25) is 0 Å². The molecule has 2 aliphatic rings. The van der Waals surface area contributed by atoms with Gasteiger partial charge < -0.3 is 10.8 Å². The second-order valence-corrected chi connectivity index (χ2v) is 6.44. The van der Waals surface area contributed by atoms with Crippen molar-refractivity contribution in [1.82, 2.24) is 4.98 Å². The predicted octanol–water partition coefficient (Wildman–Crippen LogP) is 2.68. The van der Waals surface area contributed by atoms with Crippen LogP contribution in [0.25, 0.3) is 0 Å². The molecule has 1 heterocycles. The molecule has 108 valence electrons. The second kappa shape index (κ2) is 4.57. The number of nitrogens with two attached hydrogens (primary N) is 1. The fraction of sp³-hybridized carbons (Fsp3) is 0.389. The summed E-state index contributed by atoms with van der Waals surface area (Å²) in [6.07, 6.45) is 7.43. The van der Waals surface area contributed by atoms with Gasteiger partial charge in [0, 0.05) is 23.6 Å². The van der Waals surface area contributed by atoms with E-state index in [1.807, 2.05) is 0 Å². The van der Waals surface area contributed by atoms with Crippen molar-refractivity contribution in [3.8, 4) is 0 Å². The van der Waals surface area contributed by atoms with Crippen LogP contribution < -0.4 is 5.73 Å². The number of hydrogen-bond donors (Lipinski definition) is 2. The van der Waals surface area contributed by atoms with Gasteiger partial charge in [0.05, 0.1) is 5.60 Å². The minimum absolute atomic E-state index is 0.234. The van der Waals surface area contributed by atoms with E-state index < -0.39 is 5.60 Å². The third-order valence-electron chi connectivity index (χ3n) is 5.45. The van der Waals surface area contributed by atoms with E-state index in [1.165, 1.54) is 11.1 Å². The molecule has 2 aromatic rings. The standard InChI is InChI=1S/C18H20N2O/c19-17-7-8-20-11-16(17)18(21)14-5-6-15(18)10-13-4-2-1-3-12(13)9-14/h1-4,7-8,11,14-15,21H,5-6,9-10H2,(H2,19,20). The van der Waals surface area contributed by atoms with Crippen LogP contribution in [-0.2, 0) is 18.4 Å². The fourth-order valence-corrected chi connectivity index (χ4v) is 4.36. The molecule has 21 heavy (non-hydrogen) atoms. The minimum Gasteiger partial charge on any atom is -0.398 e. The Morgan fingerprint density at radius 3 is 2.24 bits per heavy atom. The van der Waals surface area contributed by atoms with Crippen molar-refractivity contribution in [2.45, 2.75) is 31.3 Å². The van der Waals surface area contributed by atoms with Crippen molar-refractivity contribution in [3.05, 3.63) is 59.4 Å². The minimum atomic E-state index is -0.836. The monoisotopic (exact) mass is 280 g/mol. The first-order chi connectivity index (χ1) is 10.2. The molecule has 1 saturated carbocycles. The SMILES string of the molecule is Nc1ccncc1C1(O)C2CCC1Cc1ccccc1C2. The molecule has 3 heteroatoms. The van der Waals surface area contributed by atoms with Crippen LogP contribution in [0.3, 0.4) is 0 Å². The molecular formula is C18H20N2O. The molecule has 0 saturated heterocycles. The largest absolute Gasteiger partial charge is 0.398 e. The molecule has 1 aromatic heterocycles.